The quantitative estimate of drug-likeness (QED) is 0.702. The van der Waals surface area contributed by atoms with Gasteiger partial charge in [0, 0.05) is 19.3 Å². The predicted octanol–water partition coefficient (Wildman–Crippen LogP) is 0.794. The van der Waals surface area contributed by atoms with Crippen LogP contribution >= 0.6 is 0 Å². The molecule has 0 aliphatic heterocycles. The second-order valence-electron chi connectivity index (χ2n) is 4.06. The fraction of sp³-hybridized carbons (Fsp3) is 0.538. The lowest BCUT2D eigenvalue weighted by molar-refractivity contribution is -0.145. The van der Waals surface area contributed by atoms with Crippen molar-refractivity contribution in [3.05, 3.63) is 29.6 Å². The molecule has 0 radical (unpaired) electrons. The molecule has 1 heterocycles. The van der Waals surface area contributed by atoms with E-state index in [9.17, 15) is 9.90 Å². The molecule has 18 heavy (non-hydrogen) atoms. The second kappa shape index (κ2) is 7.79. The summed E-state index contributed by atoms with van der Waals surface area (Å²) in [5, 5.41) is 12.7. The SMILES string of the molecule is CCOC(=O)CC(O)CNCc1ncccc1C. The fourth-order valence-corrected chi connectivity index (χ4v) is 1.55. The van der Waals surface area contributed by atoms with Crippen LogP contribution in [0, 0.1) is 6.92 Å². The number of aromatic nitrogens is 1. The summed E-state index contributed by atoms with van der Waals surface area (Å²) in [5.74, 6) is -0.374. The Morgan fingerprint density at radius 3 is 3.06 bits per heavy atom. The van der Waals surface area contributed by atoms with Crippen LogP contribution in [-0.2, 0) is 16.1 Å². The van der Waals surface area contributed by atoms with Crippen molar-refractivity contribution >= 4 is 5.97 Å². The van der Waals surface area contributed by atoms with Crippen LogP contribution in [-0.4, -0.2) is 35.3 Å². The van der Waals surface area contributed by atoms with E-state index in [0.29, 0.717) is 19.7 Å². The van der Waals surface area contributed by atoms with Crippen LogP contribution < -0.4 is 5.32 Å². The summed E-state index contributed by atoms with van der Waals surface area (Å²) in [6.45, 7) is 4.99. The van der Waals surface area contributed by atoms with Gasteiger partial charge < -0.3 is 15.2 Å². The summed E-state index contributed by atoms with van der Waals surface area (Å²) in [6, 6.07) is 3.87. The lowest BCUT2D eigenvalue weighted by Crippen LogP contribution is -2.29. The van der Waals surface area contributed by atoms with Gasteiger partial charge >= 0.3 is 5.97 Å². The van der Waals surface area contributed by atoms with Crippen molar-refractivity contribution in [1.82, 2.24) is 10.3 Å². The molecule has 1 atom stereocenters. The summed E-state index contributed by atoms with van der Waals surface area (Å²) in [4.78, 5) is 15.3. The summed E-state index contributed by atoms with van der Waals surface area (Å²) < 4.78 is 4.76. The number of carbonyl (C=O) groups is 1. The van der Waals surface area contributed by atoms with Crippen molar-refractivity contribution in [3.63, 3.8) is 0 Å². The van der Waals surface area contributed by atoms with Gasteiger partial charge in [0.1, 0.15) is 0 Å². The standard InChI is InChI=1S/C13H20N2O3/c1-3-18-13(17)7-11(16)8-14-9-12-10(2)5-4-6-15-12/h4-6,11,14,16H,3,7-9H2,1-2H3. The Labute approximate surface area is 107 Å². The Morgan fingerprint density at radius 2 is 2.39 bits per heavy atom. The topological polar surface area (TPSA) is 71.5 Å². The van der Waals surface area contributed by atoms with E-state index in [1.165, 1.54) is 0 Å². The zero-order valence-corrected chi connectivity index (χ0v) is 10.8. The van der Waals surface area contributed by atoms with Gasteiger partial charge in [0.2, 0.25) is 0 Å². The molecule has 2 N–H and O–H groups in total. The third-order valence-electron chi connectivity index (χ3n) is 2.50. The Balaban J connectivity index is 2.25. The van der Waals surface area contributed by atoms with E-state index in [0.717, 1.165) is 11.3 Å². The van der Waals surface area contributed by atoms with Gasteiger partial charge in [-0.1, -0.05) is 6.07 Å². The number of hydrogen-bond donors (Lipinski definition) is 2. The number of carbonyl (C=O) groups excluding carboxylic acids is 1. The molecular formula is C13H20N2O3. The van der Waals surface area contributed by atoms with Crippen molar-refractivity contribution in [2.45, 2.75) is 32.9 Å². The Kier molecular flexibility index (Phi) is 6.32. The minimum absolute atomic E-state index is 0.0159. The molecule has 1 aromatic rings. The lowest BCUT2D eigenvalue weighted by Gasteiger charge is -2.11. The first-order valence-corrected chi connectivity index (χ1v) is 6.08. The number of aliphatic hydroxyl groups is 1. The molecule has 0 aliphatic rings. The van der Waals surface area contributed by atoms with Gasteiger partial charge in [0.15, 0.2) is 0 Å². The van der Waals surface area contributed by atoms with Crippen molar-refractivity contribution in [3.8, 4) is 0 Å². The predicted molar refractivity (Wildman–Crippen MR) is 67.9 cm³/mol. The summed E-state index contributed by atoms with van der Waals surface area (Å²) in [7, 11) is 0. The van der Waals surface area contributed by atoms with Crippen LogP contribution in [0.5, 0.6) is 0 Å². The summed E-state index contributed by atoms with van der Waals surface area (Å²) in [5.41, 5.74) is 2.05. The molecule has 0 saturated carbocycles. The van der Waals surface area contributed by atoms with Gasteiger partial charge in [0.05, 0.1) is 24.8 Å². The molecule has 100 valence electrons. The molecule has 0 fully saturated rings. The largest absolute Gasteiger partial charge is 0.466 e. The molecule has 0 aliphatic carbocycles. The van der Waals surface area contributed by atoms with Gasteiger partial charge in [-0.05, 0) is 25.5 Å². The number of hydrogen-bond acceptors (Lipinski definition) is 5. The van der Waals surface area contributed by atoms with Gasteiger partial charge in [-0.15, -0.1) is 0 Å². The Hall–Kier alpha value is -1.46. The highest BCUT2D eigenvalue weighted by molar-refractivity contribution is 5.69. The van der Waals surface area contributed by atoms with E-state index in [4.69, 9.17) is 4.74 Å². The highest BCUT2D eigenvalue weighted by atomic mass is 16.5. The maximum atomic E-state index is 11.1. The number of aryl methyl sites for hydroxylation is 1. The van der Waals surface area contributed by atoms with Gasteiger partial charge in [0.25, 0.3) is 0 Å². The molecule has 0 spiro atoms. The van der Waals surface area contributed by atoms with Crippen LogP contribution in [0.1, 0.15) is 24.6 Å². The minimum atomic E-state index is -0.729. The Morgan fingerprint density at radius 1 is 1.61 bits per heavy atom. The molecule has 0 bridgehead atoms. The lowest BCUT2D eigenvalue weighted by atomic mass is 10.2. The summed E-state index contributed by atoms with van der Waals surface area (Å²) in [6.07, 6.45) is 1.02. The van der Waals surface area contributed by atoms with E-state index in [1.807, 2.05) is 19.1 Å². The number of pyridine rings is 1. The molecule has 0 aromatic carbocycles. The number of esters is 1. The molecule has 0 saturated heterocycles. The van der Waals surface area contributed by atoms with Gasteiger partial charge in [-0.25, -0.2) is 0 Å². The molecular weight excluding hydrogens is 232 g/mol. The monoisotopic (exact) mass is 252 g/mol. The third-order valence-corrected chi connectivity index (χ3v) is 2.50. The van der Waals surface area contributed by atoms with E-state index < -0.39 is 6.10 Å². The highest BCUT2D eigenvalue weighted by Gasteiger charge is 2.11. The number of nitrogens with one attached hydrogen (secondary N) is 1. The highest BCUT2D eigenvalue weighted by Crippen LogP contribution is 2.02. The first kappa shape index (κ1) is 14.6. The Bertz CT molecular complexity index is 382. The zero-order chi connectivity index (χ0) is 13.4. The first-order valence-electron chi connectivity index (χ1n) is 6.08. The van der Waals surface area contributed by atoms with Crippen LogP contribution in [0.15, 0.2) is 18.3 Å². The zero-order valence-electron chi connectivity index (χ0n) is 10.8. The molecule has 5 heteroatoms. The normalized spacial score (nSPS) is 12.2. The van der Waals surface area contributed by atoms with Crippen molar-refractivity contribution in [2.75, 3.05) is 13.2 Å². The maximum Gasteiger partial charge on any atom is 0.308 e. The fourth-order valence-electron chi connectivity index (χ4n) is 1.55. The second-order valence-corrected chi connectivity index (χ2v) is 4.06. The van der Waals surface area contributed by atoms with Crippen molar-refractivity contribution < 1.29 is 14.6 Å². The molecule has 1 rings (SSSR count). The van der Waals surface area contributed by atoms with Crippen molar-refractivity contribution in [2.24, 2.45) is 0 Å². The van der Waals surface area contributed by atoms with E-state index in [-0.39, 0.29) is 12.4 Å². The molecule has 1 aromatic heterocycles. The minimum Gasteiger partial charge on any atom is -0.466 e. The van der Waals surface area contributed by atoms with Crippen molar-refractivity contribution in [1.29, 1.82) is 0 Å². The molecule has 1 unspecified atom stereocenters. The average Bonchev–Trinajstić information content (AvgIpc) is 2.31. The smallest absolute Gasteiger partial charge is 0.308 e. The first-order chi connectivity index (χ1) is 8.63. The maximum absolute atomic E-state index is 11.1. The third kappa shape index (κ3) is 5.25. The average molecular weight is 252 g/mol. The number of rotatable bonds is 7. The van der Waals surface area contributed by atoms with E-state index in [1.54, 1.807) is 13.1 Å². The number of ether oxygens (including phenoxy) is 1. The van der Waals surface area contributed by atoms with Crippen LogP contribution in [0.3, 0.4) is 0 Å². The van der Waals surface area contributed by atoms with Crippen LogP contribution in [0.25, 0.3) is 0 Å². The summed E-state index contributed by atoms with van der Waals surface area (Å²) >= 11 is 0. The van der Waals surface area contributed by atoms with Gasteiger partial charge in [-0.2, -0.15) is 0 Å². The van der Waals surface area contributed by atoms with Gasteiger partial charge in [-0.3, -0.25) is 9.78 Å². The molecule has 0 amide bonds. The number of aliphatic hydroxyl groups excluding tert-OH is 1. The van der Waals surface area contributed by atoms with E-state index >= 15 is 0 Å². The molecule has 5 nitrogen and oxygen atoms in total. The van der Waals surface area contributed by atoms with Crippen LogP contribution in [0.4, 0.5) is 0 Å². The van der Waals surface area contributed by atoms with Crippen LogP contribution in [0.2, 0.25) is 0 Å². The van der Waals surface area contributed by atoms with E-state index in [2.05, 4.69) is 10.3 Å². The number of nitrogens with zero attached hydrogens (tertiary/aromatic N) is 1.